The zero-order chi connectivity index (χ0) is 18.3. The van der Waals surface area contributed by atoms with Gasteiger partial charge in [-0.25, -0.2) is 0 Å². The average Bonchev–Trinajstić information content (AvgIpc) is 3.06. The molecule has 3 nitrogen and oxygen atoms in total. The van der Waals surface area contributed by atoms with Gasteiger partial charge in [-0.05, 0) is 58.2 Å². The number of para-hydroxylation sites is 1. The zero-order valence-corrected chi connectivity index (χ0v) is 15.3. The second-order valence-electron chi connectivity index (χ2n) is 6.56. The molecule has 0 saturated heterocycles. The summed E-state index contributed by atoms with van der Waals surface area (Å²) in [6.45, 7) is 0.669. The van der Waals surface area contributed by atoms with E-state index in [4.69, 9.17) is 4.84 Å². The Morgan fingerprint density at radius 3 is 2.42 bits per heavy atom. The van der Waals surface area contributed by atoms with Crippen LogP contribution in [-0.4, -0.2) is 17.3 Å². The monoisotopic (exact) mass is 424 g/mol. The van der Waals surface area contributed by atoms with Gasteiger partial charge in [0.1, 0.15) is 10.7 Å². The first-order valence-corrected chi connectivity index (χ1v) is 9.12. The van der Waals surface area contributed by atoms with Gasteiger partial charge in [0, 0.05) is 30.3 Å². The molecule has 2 aromatic carbocycles. The quantitative estimate of drug-likeness (QED) is 0.634. The van der Waals surface area contributed by atoms with Gasteiger partial charge < -0.3 is 9.74 Å². The molecule has 2 atom stereocenters. The number of nitrogens with zero attached hydrogens (tertiary/aromatic N) is 2. The first-order chi connectivity index (χ1) is 12.4. The Hall–Kier alpha value is -2.02. The summed E-state index contributed by atoms with van der Waals surface area (Å²) in [7, 11) is 0. The van der Waals surface area contributed by atoms with E-state index < -0.39 is 11.7 Å². The van der Waals surface area contributed by atoms with Crippen LogP contribution in [-0.2, 0) is 17.4 Å². The van der Waals surface area contributed by atoms with E-state index in [9.17, 15) is 13.2 Å². The Morgan fingerprint density at radius 2 is 1.77 bits per heavy atom. The van der Waals surface area contributed by atoms with Gasteiger partial charge >= 0.3 is 6.18 Å². The first kappa shape index (κ1) is 17.4. The second-order valence-corrected chi connectivity index (χ2v) is 7.48. The van der Waals surface area contributed by atoms with Crippen molar-refractivity contribution in [2.24, 2.45) is 11.1 Å². The van der Waals surface area contributed by atoms with Gasteiger partial charge in [-0.2, -0.15) is 13.2 Å². The fourth-order valence-electron chi connectivity index (χ4n) is 3.57. The lowest BCUT2D eigenvalue weighted by atomic mass is 9.87. The topological polar surface area (TPSA) is 24.8 Å². The molecule has 0 amide bonds. The molecule has 2 heterocycles. The third kappa shape index (κ3) is 3.32. The summed E-state index contributed by atoms with van der Waals surface area (Å²) in [5.74, 6) is 0.200. The number of rotatable bonds is 2. The van der Waals surface area contributed by atoms with E-state index in [1.54, 1.807) is 0 Å². The maximum atomic E-state index is 12.9. The smallest absolute Gasteiger partial charge is 0.391 e. The van der Waals surface area contributed by atoms with E-state index in [-0.39, 0.29) is 12.0 Å². The van der Waals surface area contributed by atoms with Crippen LogP contribution in [0.5, 0.6) is 0 Å². The maximum Gasteiger partial charge on any atom is 0.416 e. The largest absolute Gasteiger partial charge is 0.416 e. The van der Waals surface area contributed by atoms with E-state index in [1.165, 1.54) is 12.1 Å². The molecule has 26 heavy (non-hydrogen) atoms. The number of oxime groups is 1. The van der Waals surface area contributed by atoms with Crippen molar-refractivity contribution in [3.8, 4) is 0 Å². The molecular weight excluding hydrogens is 409 g/mol. The molecule has 0 N–H and O–H groups in total. The minimum atomic E-state index is -4.33. The standard InChI is InChI=1S/C19H16BrF3N2O/c20-18-10-17(26-24-18)13-9-12-3-1-2-4-16(12)25(11-13)15-7-5-14(6-8-15)19(21,22)23/h1-8,13,17H,9-11H2/t13?,17-/m0/s1. The van der Waals surface area contributed by atoms with Crippen molar-refractivity contribution < 1.29 is 18.0 Å². The Labute approximate surface area is 157 Å². The van der Waals surface area contributed by atoms with Crippen molar-refractivity contribution in [1.82, 2.24) is 0 Å². The predicted molar refractivity (Wildman–Crippen MR) is 97.9 cm³/mol. The Morgan fingerprint density at radius 1 is 1.04 bits per heavy atom. The van der Waals surface area contributed by atoms with Crippen LogP contribution in [0.25, 0.3) is 0 Å². The summed E-state index contributed by atoms with van der Waals surface area (Å²) < 4.78 is 39.4. The molecule has 0 saturated carbocycles. The molecule has 0 aromatic heterocycles. The summed E-state index contributed by atoms with van der Waals surface area (Å²) in [6, 6.07) is 13.3. The lowest BCUT2D eigenvalue weighted by Gasteiger charge is -2.37. The molecule has 0 fully saturated rings. The Bertz CT molecular complexity index is 835. The second kappa shape index (κ2) is 6.61. The van der Waals surface area contributed by atoms with E-state index in [0.717, 1.165) is 40.1 Å². The number of anilines is 2. The van der Waals surface area contributed by atoms with Gasteiger partial charge in [0.05, 0.1) is 5.56 Å². The highest BCUT2D eigenvalue weighted by atomic mass is 79.9. The predicted octanol–water partition coefficient (Wildman–Crippen LogP) is 5.51. The molecule has 136 valence electrons. The summed E-state index contributed by atoms with van der Waals surface area (Å²) in [5.41, 5.74) is 2.30. The third-order valence-electron chi connectivity index (χ3n) is 4.87. The van der Waals surface area contributed by atoms with Crippen molar-refractivity contribution in [1.29, 1.82) is 0 Å². The molecule has 2 aliphatic rings. The van der Waals surface area contributed by atoms with Crippen LogP contribution in [0.1, 0.15) is 17.5 Å². The molecule has 7 heteroatoms. The first-order valence-electron chi connectivity index (χ1n) is 8.33. The van der Waals surface area contributed by atoms with Crippen LogP contribution < -0.4 is 4.90 Å². The number of hydrogen-bond donors (Lipinski definition) is 0. The van der Waals surface area contributed by atoms with Crippen molar-refractivity contribution in [3.63, 3.8) is 0 Å². The number of alkyl halides is 3. The van der Waals surface area contributed by atoms with E-state index in [0.29, 0.717) is 13.0 Å². The van der Waals surface area contributed by atoms with Gasteiger partial charge in [-0.3, -0.25) is 0 Å². The van der Waals surface area contributed by atoms with Gasteiger partial charge in [0.15, 0.2) is 0 Å². The zero-order valence-electron chi connectivity index (χ0n) is 13.7. The van der Waals surface area contributed by atoms with Crippen molar-refractivity contribution >= 4 is 31.9 Å². The van der Waals surface area contributed by atoms with E-state index in [2.05, 4.69) is 32.1 Å². The SMILES string of the molecule is FC(F)(F)c1ccc(N2CC([C@@H]3CC(Br)=NO3)Cc3ccccc32)cc1. The summed E-state index contributed by atoms with van der Waals surface area (Å²) in [6.07, 6.45) is -2.79. The highest BCUT2D eigenvalue weighted by molar-refractivity contribution is 9.18. The van der Waals surface area contributed by atoms with Crippen molar-refractivity contribution in [2.45, 2.75) is 25.1 Å². The lowest BCUT2D eigenvalue weighted by molar-refractivity contribution is -0.137. The van der Waals surface area contributed by atoms with E-state index >= 15 is 0 Å². The van der Waals surface area contributed by atoms with Crippen LogP contribution in [0.3, 0.4) is 0 Å². The van der Waals surface area contributed by atoms with Crippen LogP contribution in [0.4, 0.5) is 24.5 Å². The molecular formula is C19H16BrF3N2O. The van der Waals surface area contributed by atoms with Gasteiger partial charge in [0.2, 0.25) is 0 Å². The van der Waals surface area contributed by atoms with Crippen LogP contribution in [0, 0.1) is 5.92 Å². The third-order valence-corrected chi connectivity index (χ3v) is 5.34. The summed E-state index contributed by atoms with van der Waals surface area (Å²) in [5, 5.41) is 3.97. The summed E-state index contributed by atoms with van der Waals surface area (Å²) in [4.78, 5) is 7.60. The van der Waals surface area contributed by atoms with Crippen molar-refractivity contribution in [2.75, 3.05) is 11.4 Å². The molecule has 1 unspecified atom stereocenters. The van der Waals surface area contributed by atoms with Crippen LogP contribution in [0.15, 0.2) is 53.7 Å². The molecule has 0 spiro atoms. The fourth-order valence-corrected chi connectivity index (χ4v) is 3.97. The minimum Gasteiger partial charge on any atom is -0.391 e. The maximum absolute atomic E-state index is 12.9. The van der Waals surface area contributed by atoms with Gasteiger partial charge in [0.25, 0.3) is 0 Å². The van der Waals surface area contributed by atoms with Crippen LogP contribution in [0.2, 0.25) is 0 Å². The average molecular weight is 425 g/mol. The molecule has 4 rings (SSSR count). The lowest BCUT2D eigenvalue weighted by Crippen LogP contribution is -2.38. The van der Waals surface area contributed by atoms with Crippen molar-refractivity contribution in [3.05, 3.63) is 59.7 Å². The normalized spacial score (nSPS) is 22.6. The summed E-state index contributed by atoms with van der Waals surface area (Å²) >= 11 is 3.37. The number of hydrogen-bond acceptors (Lipinski definition) is 3. The van der Waals surface area contributed by atoms with Gasteiger partial charge in [-0.1, -0.05) is 23.4 Å². The molecule has 0 bridgehead atoms. The molecule has 2 aliphatic heterocycles. The van der Waals surface area contributed by atoms with E-state index in [1.807, 2.05) is 18.2 Å². The Balaban J connectivity index is 1.65. The molecule has 0 aliphatic carbocycles. The molecule has 0 radical (unpaired) electrons. The van der Waals surface area contributed by atoms with Gasteiger partial charge in [-0.15, -0.1) is 0 Å². The number of fused-ring (bicyclic) bond motifs is 1. The van der Waals surface area contributed by atoms with Crippen LogP contribution >= 0.6 is 15.9 Å². The highest BCUT2D eigenvalue weighted by Gasteiger charge is 2.35. The molecule has 2 aromatic rings. The number of benzene rings is 2. The fraction of sp³-hybridized carbons (Fsp3) is 0.316. The minimum absolute atomic E-state index is 0.0327. The number of halogens is 4. The highest BCUT2D eigenvalue weighted by Crippen LogP contribution is 2.39. The Kier molecular flexibility index (Phi) is 4.42.